The minimum absolute atomic E-state index is 0.930. The Bertz CT molecular complexity index is 2150. The summed E-state index contributed by atoms with van der Waals surface area (Å²) in [5.74, 6) is 0. The maximum atomic E-state index is 5.09. The summed E-state index contributed by atoms with van der Waals surface area (Å²) in [4.78, 5) is 18.9. The summed E-state index contributed by atoms with van der Waals surface area (Å²) < 4.78 is 2.27. The minimum atomic E-state index is -0.951. The van der Waals surface area contributed by atoms with E-state index in [0.29, 0.717) is 0 Å². The SMILES string of the molecule is c1cnc2cc(P(c3ccncc3)c3cncc4c3c3ccccc3n3c5ccccc5nc43)ccc2c1. The molecule has 0 saturated carbocycles. The Labute approximate surface area is 219 Å². The monoisotopic (exact) mass is 505 g/mol. The van der Waals surface area contributed by atoms with Crippen LogP contribution in [0, 0.1) is 0 Å². The van der Waals surface area contributed by atoms with Crippen LogP contribution in [-0.4, -0.2) is 24.3 Å². The topological polar surface area (TPSA) is 56.0 Å². The Hall–Kier alpha value is -4.73. The van der Waals surface area contributed by atoms with E-state index in [9.17, 15) is 0 Å². The Morgan fingerprint density at radius 1 is 0.605 bits per heavy atom. The second-order valence-corrected chi connectivity index (χ2v) is 11.5. The molecule has 8 aromatic rings. The molecular weight excluding hydrogens is 485 g/mol. The molecule has 0 aliphatic carbocycles. The van der Waals surface area contributed by atoms with Crippen LogP contribution in [-0.2, 0) is 0 Å². The lowest BCUT2D eigenvalue weighted by Crippen LogP contribution is -2.22. The van der Waals surface area contributed by atoms with Crippen LogP contribution in [0.3, 0.4) is 0 Å². The van der Waals surface area contributed by atoms with Crippen molar-refractivity contribution in [2.75, 3.05) is 0 Å². The Kier molecular flexibility index (Phi) is 4.73. The molecule has 178 valence electrons. The zero-order valence-corrected chi connectivity index (χ0v) is 21.1. The number of imidazole rings is 1. The van der Waals surface area contributed by atoms with Crippen molar-refractivity contribution in [3.8, 4) is 0 Å². The van der Waals surface area contributed by atoms with E-state index >= 15 is 0 Å². The van der Waals surface area contributed by atoms with E-state index in [0.717, 1.165) is 38.5 Å². The van der Waals surface area contributed by atoms with Crippen LogP contribution in [0.25, 0.3) is 49.3 Å². The molecule has 5 aromatic heterocycles. The summed E-state index contributed by atoms with van der Waals surface area (Å²) in [6.07, 6.45) is 9.62. The molecule has 5 heterocycles. The standard InChI is InChI=1S/C32H20N5P/c1-3-9-28-24(7-1)31-25(32-36-26-8-2-4-10-29(26)37(28)32)19-34-20-30(31)38(22-13-16-33-17-14-22)23-12-11-21-6-5-15-35-27(21)18-23/h1-20H. The van der Waals surface area contributed by atoms with Crippen LogP contribution < -0.4 is 15.9 Å². The van der Waals surface area contributed by atoms with Crippen LogP contribution in [0.4, 0.5) is 0 Å². The van der Waals surface area contributed by atoms with Gasteiger partial charge in [0.2, 0.25) is 0 Å². The molecule has 1 unspecified atom stereocenters. The van der Waals surface area contributed by atoms with Gasteiger partial charge in [-0.05, 0) is 61.0 Å². The van der Waals surface area contributed by atoms with Crippen molar-refractivity contribution in [3.63, 3.8) is 0 Å². The summed E-state index contributed by atoms with van der Waals surface area (Å²) in [6.45, 7) is 0. The fraction of sp³-hybridized carbons (Fsp3) is 0. The summed E-state index contributed by atoms with van der Waals surface area (Å²) in [5, 5.41) is 8.22. The van der Waals surface area contributed by atoms with Crippen molar-refractivity contribution < 1.29 is 0 Å². The molecule has 0 N–H and O–H groups in total. The van der Waals surface area contributed by atoms with Crippen molar-refractivity contribution in [1.82, 2.24) is 24.3 Å². The van der Waals surface area contributed by atoms with Crippen LogP contribution in [0.5, 0.6) is 0 Å². The lowest BCUT2D eigenvalue weighted by Gasteiger charge is -2.22. The number of benzene rings is 3. The predicted molar refractivity (Wildman–Crippen MR) is 157 cm³/mol. The van der Waals surface area contributed by atoms with E-state index in [2.05, 4.69) is 93.2 Å². The van der Waals surface area contributed by atoms with Gasteiger partial charge in [0.1, 0.15) is 5.65 Å². The second kappa shape index (κ2) is 8.41. The highest BCUT2D eigenvalue weighted by molar-refractivity contribution is 7.80. The first-order chi connectivity index (χ1) is 18.9. The van der Waals surface area contributed by atoms with Gasteiger partial charge in [0.15, 0.2) is 0 Å². The Balaban J connectivity index is 1.53. The fourth-order valence-electron chi connectivity index (χ4n) is 5.52. The normalized spacial score (nSPS) is 12.6. The molecule has 0 bridgehead atoms. The molecule has 5 nitrogen and oxygen atoms in total. The second-order valence-electron chi connectivity index (χ2n) is 9.28. The van der Waals surface area contributed by atoms with Crippen molar-refractivity contribution in [2.24, 2.45) is 0 Å². The molecular formula is C32H20N5P. The van der Waals surface area contributed by atoms with E-state index in [4.69, 9.17) is 9.97 Å². The van der Waals surface area contributed by atoms with E-state index in [1.807, 2.05) is 43.1 Å². The van der Waals surface area contributed by atoms with E-state index in [1.165, 1.54) is 26.7 Å². The van der Waals surface area contributed by atoms with Crippen LogP contribution in [0.1, 0.15) is 0 Å². The maximum absolute atomic E-state index is 5.09. The van der Waals surface area contributed by atoms with Crippen LogP contribution in [0.15, 0.2) is 122 Å². The van der Waals surface area contributed by atoms with E-state index in [-0.39, 0.29) is 0 Å². The van der Waals surface area contributed by atoms with E-state index < -0.39 is 7.92 Å². The van der Waals surface area contributed by atoms with Gasteiger partial charge >= 0.3 is 0 Å². The molecule has 8 rings (SSSR count). The lowest BCUT2D eigenvalue weighted by molar-refractivity contribution is 1.30. The first-order valence-corrected chi connectivity index (χ1v) is 13.8. The van der Waals surface area contributed by atoms with Gasteiger partial charge in [-0.1, -0.05) is 48.5 Å². The third kappa shape index (κ3) is 3.16. The highest BCUT2D eigenvalue weighted by Gasteiger charge is 2.23. The molecule has 0 fully saturated rings. The van der Waals surface area contributed by atoms with Gasteiger partial charge < -0.3 is 0 Å². The van der Waals surface area contributed by atoms with Crippen LogP contribution >= 0.6 is 7.92 Å². The zero-order valence-electron chi connectivity index (χ0n) is 20.2. The maximum Gasteiger partial charge on any atom is 0.147 e. The third-order valence-corrected chi connectivity index (χ3v) is 9.58. The Morgan fingerprint density at radius 3 is 2.37 bits per heavy atom. The summed E-state index contributed by atoms with van der Waals surface area (Å²) >= 11 is 0. The number of hydrogen-bond donors (Lipinski definition) is 0. The number of aromatic nitrogens is 5. The van der Waals surface area contributed by atoms with Gasteiger partial charge in [0.05, 0.1) is 22.1 Å². The molecule has 3 aromatic carbocycles. The molecule has 38 heavy (non-hydrogen) atoms. The van der Waals surface area contributed by atoms with Gasteiger partial charge in [-0.15, -0.1) is 0 Å². The largest absolute Gasteiger partial charge is 0.292 e. The number of rotatable bonds is 3. The highest BCUT2D eigenvalue weighted by atomic mass is 31.1. The lowest BCUT2D eigenvalue weighted by atomic mass is 10.1. The van der Waals surface area contributed by atoms with Crippen molar-refractivity contribution in [2.45, 2.75) is 0 Å². The molecule has 0 saturated heterocycles. The molecule has 1 atom stereocenters. The number of hydrogen-bond acceptors (Lipinski definition) is 4. The average molecular weight is 506 g/mol. The molecule has 0 aliphatic rings. The zero-order chi connectivity index (χ0) is 25.1. The van der Waals surface area contributed by atoms with Crippen molar-refractivity contribution >= 4 is 73.1 Å². The van der Waals surface area contributed by atoms with Crippen molar-refractivity contribution in [3.05, 3.63) is 122 Å². The van der Waals surface area contributed by atoms with Gasteiger partial charge in [0.25, 0.3) is 0 Å². The van der Waals surface area contributed by atoms with Crippen molar-refractivity contribution in [1.29, 1.82) is 0 Å². The summed E-state index contributed by atoms with van der Waals surface area (Å²) in [6, 6.07) is 31.9. The smallest absolute Gasteiger partial charge is 0.147 e. The fourth-order valence-corrected chi connectivity index (χ4v) is 7.92. The number of nitrogens with zero attached hydrogens (tertiary/aromatic N) is 5. The van der Waals surface area contributed by atoms with Gasteiger partial charge in [-0.25, -0.2) is 4.98 Å². The van der Waals surface area contributed by atoms with Gasteiger partial charge in [-0.3, -0.25) is 19.4 Å². The van der Waals surface area contributed by atoms with E-state index in [1.54, 1.807) is 0 Å². The Morgan fingerprint density at radius 2 is 1.45 bits per heavy atom. The minimum Gasteiger partial charge on any atom is -0.292 e. The third-order valence-electron chi connectivity index (χ3n) is 7.15. The predicted octanol–water partition coefficient (Wildman–Crippen LogP) is 5.89. The van der Waals surface area contributed by atoms with Crippen LogP contribution in [0.2, 0.25) is 0 Å². The first-order valence-electron chi connectivity index (χ1n) is 12.5. The quantitative estimate of drug-likeness (QED) is 0.222. The average Bonchev–Trinajstić information content (AvgIpc) is 3.38. The summed E-state index contributed by atoms with van der Waals surface area (Å²) in [7, 11) is -0.951. The molecule has 0 aliphatic heterocycles. The molecule has 0 amide bonds. The number of para-hydroxylation sites is 3. The van der Waals surface area contributed by atoms with Gasteiger partial charge in [-0.2, -0.15) is 0 Å². The molecule has 6 heteroatoms. The molecule has 0 spiro atoms. The van der Waals surface area contributed by atoms with Gasteiger partial charge in [0, 0.05) is 57.8 Å². The first kappa shape index (κ1) is 21.4. The summed E-state index contributed by atoms with van der Waals surface area (Å²) in [5.41, 5.74) is 5.14. The number of pyridine rings is 4. The highest BCUT2D eigenvalue weighted by Crippen LogP contribution is 2.39. The molecule has 0 radical (unpaired) electrons. The number of fused-ring (bicyclic) bond motifs is 9.